The lowest BCUT2D eigenvalue weighted by atomic mass is 9.85. The number of alkyl halides is 2. The number of nitrogens with zero attached hydrogens (tertiary/aromatic N) is 9. The summed E-state index contributed by atoms with van der Waals surface area (Å²) in [5, 5.41) is 14.1. The zero-order valence-corrected chi connectivity index (χ0v) is 36.5. The van der Waals surface area contributed by atoms with E-state index in [0.29, 0.717) is 65.6 Å². The zero-order valence-electron chi connectivity index (χ0n) is 36.5. The van der Waals surface area contributed by atoms with Crippen molar-refractivity contribution < 1.29 is 27.8 Å². The van der Waals surface area contributed by atoms with Gasteiger partial charge in [-0.1, -0.05) is 24.5 Å². The molecule has 3 atom stereocenters. The van der Waals surface area contributed by atoms with Crippen LogP contribution in [0, 0.1) is 17.8 Å². The lowest BCUT2D eigenvalue weighted by Crippen LogP contribution is -2.45. The van der Waals surface area contributed by atoms with Crippen LogP contribution in [0.2, 0.25) is 0 Å². The fourth-order valence-corrected chi connectivity index (χ4v) is 9.96. The Balaban J connectivity index is 0.751. The molecule has 7 heterocycles. The van der Waals surface area contributed by atoms with Gasteiger partial charge in [-0.2, -0.15) is 10.2 Å². The highest BCUT2D eigenvalue weighted by atomic mass is 19.3. The van der Waals surface area contributed by atoms with E-state index in [-0.39, 0.29) is 53.8 Å². The van der Waals surface area contributed by atoms with Crippen LogP contribution in [-0.4, -0.2) is 108 Å². The first kappa shape index (κ1) is 43.4. The number of hydrogen-bond donors (Lipinski definition) is 2. The van der Waals surface area contributed by atoms with E-state index in [4.69, 9.17) is 14.5 Å². The molecule has 3 aliphatic heterocycles. The Labute approximate surface area is 369 Å². The lowest BCUT2D eigenvalue weighted by molar-refractivity contribution is -0.124. The molecule has 9 rings (SSSR count). The van der Waals surface area contributed by atoms with Gasteiger partial charge in [-0.3, -0.25) is 23.4 Å². The molecule has 3 saturated heterocycles. The molecule has 5 aromatic rings. The fraction of sp³-hybridized carbons (Fsp3) is 0.522. The number of likely N-dealkylation sites (tertiary alicyclic amines) is 1. The van der Waals surface area contributed by atoms with Gasteiger partial charge in [0.1, 0.15) is 24.0 Å². The van der Waals surface area contributed by atoms with Gasteiger partial charge < -0.3 is 29.9 Å². The molecule has 0 bridgehead atoms. The number of carbonyl (C=O) groups excluding carboxylic acids is 2. The smallest absolute Gasteiger partial charge is 0.329 e. The van der Waals surface area contributed by atoms with Crippen LogP contribution in [0.1, 0.15) is 105 Å². The molecule has 1 saturated carbocycles. The number of morpholine rings is 1. The van der Waals surface area contributed by atoms with Gasteiger partial charge >= 0.3 is 5.69 Å². The second-order valence-electron chi connectivity index (χ2n) is 17.8. The number of benzene rings is 1. The third-order valence-electron chi connectivity index (χ3n) is 13.2. The van der Waals surface area contributed by atoms with Gasteiger partial charge in [-0.15, -0.1) is 0 Å². The molecule has 2 amide bonds. The van der Waals surface area contributed by atoms with Crippen molar-refractivity contribution in [3.05, 3.63) is 82.4 Å². The van der Waals surface area contributed by atoms with Crippen LogP contribution in [0.3, 0.4) is 0 Å². The maximum atomic E-state index is 14.3. The largest absolute Gasteiger partial charge is 0.372 e. The summed E-state index contributed by atoms with van der Waals surface area (Å²) in [4.78, 5) is 49.0. The van der Waals surface area contributed by atoms with E-state index in [0.717, 1.165) is 58.2 Å². The van der Waals surface area contributed by atoms with Crippen molar-refractivity contribution in [1.82, 2.24) is 43.7 Å². The van der Waals surface area contributed by atoms with Crippen molar-refractivity contribution in [2.45, 2.75) is 102 Å². The average Bonchev–Trinajstić information content (AvgIpc) is 3.97. The van der Waals surface area contributed by atoms with E-state index in [1.807, 2.05) is 38.1 Å². The summed E-state index contributed by atoms with van der Waals surface area (Å²) < 4.78 is 46.9. The molecule has 1 unspecified atom stereocenters. The second-order valence-corrected chi connectivity index (χ2v) is 17.8. The SMILES string of the molecule is C=C1CCC(n2c(=O)n(C)c3c(C#CCOC4CCN(CC5CCC(n6cc(NC(=O)c7cnn8ccc(N9C[C@@H](C)O[C@@H](C)C9)nc78)c(C(F)F)n6)CC5)CC4)cccc32)C(=O)N1. The first-order chi connectivity index (χ1) is 30.9. The maximum Gasteiger partial charge on any atom is 0.329 e. The number of anilines is 2. The summed E-state index contributed by atoms with van der Waals surface area (Å²) in [7, 11) is 1.71. The van der Waals surface area contributed by atoms with Crippen molar-refractivity contribution in [2.24, 2.45) is 13.0 Å². The number of aryl methyl sites for hydroxylation is 1. The average molecular weight is 880 g/mol. The number of fused-ring (bicyclic) bond motifs is 2. The summed E-state index contributed by atoms with van der Waals surface area (Å²) in [6, 6.07) is 6.78. The van der Waals surface area contributed by atoms with Crippen LogP contribution in [-0.2, 0) is 21.3 Å². The second kappa shape index (κ2) is 18.3. The summed E-state index contributed by atoms with van der Waals surface area (Å²) in [6.07, 6.45) is 8.40. The molecule has 4 aliphatic rings. The quantitative estimate of drug-likeness (QED) is 0.169. The molecule has 0 spiro atoms. The lowest BCUT2D eigenvalue weighted by Gasteiger charge is -2.36. The number of para-hydroxylation sites is 1. The van der Waals surface area contributed by atoms with E-state index in [9.17, 15) is 23.2 Å². The fourth-order valence-electron chi connectivity index (χ4n) is 9.96. The number of rotatable bonds is 10. The molecule has 0 radical (unpaired) electrons. The van der Waals surface area contributed by atoms with Gasteiger partial charge in [-0.05, 0) is 89.3 Å². The number of carbonyl (C=O) groups is 2. The summed E-state index contributed by atoms with van der Waals surface area (Å²) in [5.41, 5.74) is 2.53. The third-order valence-corrected chi connectivity index (χ3v) is 13.2. The van der Waals surface area contributed by atoms with Crippen molar-refractivity contribution in [3.8, 4) is 11.8 Å². The van der Waals surface area contributed by atoms with Crippen LogP contribution >= 0.6 is 0 Å². The van der Waals surface area contributed by atoms with Gasteiger partial charge in [0.25, 0.3) is 12.3 Å². The summed E-state index contributed by atoms with van der Waals surface area (Å²) >= 11 is 0. The Morgan fingerprint density at radius 2 is 1.83 bits per heavy atom. The zero-order chi connectivity index (χ0) is 44.6. The van der Waals surface area contributed by atoms with Crippen LogP contribution in [0.15, 0.2) is 59.9 Å². The number of aromatic nitrogens is 7. The number of ether oxygens (including phenoxy) is 2. The van der Waals surface area contributed by atoms with Crippen molar-refractivity contribution in [2.75, 3.05) is 49.5 Å². The molecule has 4 aromatic heterocycles. The van der Waals surface area contributed by atoms with E-state index in [2.05, 4.69) is 49.1 Å². The normalized spacial score (nSPS) is 23.7. The topological polar surface area (TPSA) is 158 Å². The Morgan fingerprint density at radius 3 is 2.56 bits per heavy atom. The highest BCUT2D eigenvalue weighted by Gasteiger charge is 2.32. The van der Waals surface area contributed by atoms with Gasteiger partial charge in [0.2, 0.25) is 5.91 Å². The van der Waals surface area contributed by atoms with E-state index < -0.39 is 24.1 Å². The third kappa shape index (κ3) is 8.93. The Morgan fingerprint density at radius 1 is 1.06 bits per heavy atom. The number of allylic oxidation sites excluding steroid dienone is 1. The minimum atomic E-state index is -2.87. The highest BCUT2D eigenvalue weighted by molar-refractivity contribution is 6.08. The number of amides is 2. The molecular formula is C46H55F2N11O5. The van der Waals surface area contributed by atoms with Crippen LogP contribution in [0.25, 0.3) is 16.7 Å². The molecule has 16 nitrogen and oxygen atoms in total. The van der Waals surface area contributed by atoms with Gasteiger partial charge in [0, 0.05) is 57.9 Å². The van der Waals surface area contributed by atoms with E-state index in [1.54, 1.807) is 27.1 Å². The Kier molecular flexibility index (Phi) is 12.4. The molecule has 338 valence electrons. The Bertz CT molecular complexity index is 2670. The van der Waals surface area contributed by atoms with Gasteiger partial charge in [0.15, 0.2) is 11.3 Å². The van der Waals surface area contributed by atoms with Crippen molar-refractivity contribution in [1.29, 1.82) is 0 Å². The first-order valence-electron chi connectivity index (χ1n) is 22.3. The number of nitrogens with one attached hydrogen (secondary N) is 2. The number of halogens is 2. The van der Waals surface area contributed by atoms with Crippen LogP contribution in [0.4, 0.5) is 20.3 Å². The van der Waals surface area contributed by atoms with Crippen LogP contribution < -0.4 is 21.2 Å². The van der Waals surface area contributed by atoms with Gasteiger partial charge in [-0.25, -0.2) is 23.1 Å². The Hall–Kier alpha value is -5.90. The summed E-state index contributed by atoms with van der Waals surface area (Å²) in [5.74, 6) is 6.73. The highest BCUT2D eigenvalue weighted by Crippen LogP contribution is 2.36. The minimum Gasteiger partial charge on any atom is -0.372 e. The standard InChI is InChI=1S/C46H55F2N11O5/c1-28-10-15-38(45(61)50-28)59-37-9-5-7-32(41(37)54(4)46(59)62)8-6-22-63-34-16-19-55(20-17-34)26-31-11-13-33(14-12-31)58-27-36(40(53-58)42(47)48)51-44(60)35-23-49-57-21-18-39(52-43(35)57)56-24-29(2)64-30(3)25-56/h5,7,9,18,21,23,27,29-31,33-34,38,42H,1,10-17,19-20,22,24-26H2,2-4H3,(H,50,61)(H,51,60)/t29-,30+,31?,33?,38?. The molecule has 1 aliphatic carbocycles. The molecule has 4 fully saturated rings. The molecular weight excluding hydrogens is 825 g/mol. The maximum absolute atomic E-state index is 14.3. The summed E-state index contributed by atoms with van der Waals surface area (Å²) in [6.45, 7) is 12.3. The van der Waals surface area contributed by atoms with Crippen LogP contribution in [0.5, 0.6) is 0 Å². The number of hydrogen-bond acceptors (Lipinski definition) is 10. The van der Waals surface area contributed by atoms with E-state index >= 15 is 0 Å². The van der Waals surface area contributed by atoms with Crippen molar-refractivity contribution >= 4 is 40.0 Å². The van der Waals surface area contributed by atoms with Gasteiger partial charge in [0.05, 0.1) is 52.8 Å². The predicted molar refractivity (Wildman–Crippen MR) is 236 cm³/mol. The molecule has 18 heteroatoms. The van der Waals surface area contributed by atoms with E-state index in [1.165, 1.54) is 16.9 Å². The predicted octanol–water partition coefficient (Wildman–Crippen LogP) is 5.61. The number of imidazole rings is 1. The number of piperidine rings is 2. The molecule has 64 heavy (non-hydrogen) atoms. The first-order valence-corrected chi connectivity index (χ1v) is 22.3. The minimum absolute atomic E-state index is 0.0116. The molecule has 2 N–H and O–H groups in total. The molecule has 1 aromatic carbocycles. The van der Waals surface area contributed by atoms with Crippen molar-refractivity contribution in [3.63, 3.8) is 0 Å². The monoisotopic (exact) mass is 879 g/mol.